The van der Waals surface area contributed by atoms with E-state index in [1.165, 1.54) is 19.3 Å². The molecule has 2 aliphatic heterocycles. The van der Waals surface area contributed by atoms with Crippen molar-refractivity contribution in [3.63, 3.8) is 0 Å². The molecular weight excluding hydrogens is 326 g/mol. The zero-order chi connectivity index (χ0) is 15.9. The summed E-state index contributed by atoms with van der Waals surface area (Å²) in [6.45, 7) is 3.36. The third-order valence-corrected chi connectivity index (χ3v) is 5.44. The largest absolute Gasteiger partial charge is 0.454 e. The fraction of sp³-hybridized carbons (Fsp3) is 0.438. The molecule has 5 rings (SSSR count). The van der Waals surface area contributed by atoms with Crippen LogP contribution in [0.25, 0.3) is 15.5 Å². The summed E-state index contributed by atoms with van der Waals surface area (Å²) in [6, 6.07) is 5.90. The molecule has 0 N–H and O–H groups in total. The number of hydrogen-bond acceptors (Lipinski definition) is 7. The van der Waals surface area contributed by atoms with Gasteiger partial charge in [-0.1, -0.05) is 17.8 Å². The third-order valence-electron chi connectivity index (χ3n) is 4.49. The molecule has 0 spiro atoms. The van der Waals surface area contributed by atoms with Crippen LogP contribution in [-0.4, -0.2) is 44.6 Å². The van der Waals surface area contributed by atoms with Crippen LogP contribution in [-0.2, 0) is 6.54 Å². The zero-order valence-corrected chi connectivity index (χ0v) is 14.0. The smallest absolute Gasteiger partial charge is 0.235 e. The van der Waals surface area contributed by atoms with Gasteiger partial charge in [-0.15, -0.1) is 10.2 Å². The number of aromatic nitrogens is 4. The van der Waals surface area contributed by atoms with Crippen molar-refractivity contribution in [2.75, 3.05) is 19.9 Å². The van der Waals surface area contributed by atoms with E-state index in [2.05, 4.69) is 15.1 Å². The highest BCUT2D eigenvalue weighted by Crippen LogP contribution is 2.37. The third kappa shape index (κ3) is 2.42. The van der Waals surface area contributed by atoms with Gasteiger partial charge in [0, 0.05) is 5.56 Å². The lowest BCUT2D eigenvalue weighted by Gasteiger charge is -2.25. The minimum atomic E-state index is 0.282. The van der Waals surface area contributed by atoms with E-state index in [0.29, 0.717) is 0 Å². The Balaban J connectivity index is 1.45. The first-order valence-electron chi connectivity index (χ1n) is 8.20. The molecule has 0 atom stereocenters. The number of likely N-dealkylation sites (tertiary alicyclic amines) is 1. The fourth-order valence-electron chi connectivity index (χ4n) is 3.22. The first-order chi connectivity index (χ1) is 11.9. The topological polar surface area (TPSA) is 64.8 Å². The quantitative estimate of drug-likeness (QED) is 0.728. The Morgan fingerprint density at radius 2 is 1.92 bits per heavy atom. The van der Waals surface area contributed by atoms with Gasteiger partial charge in [0.1, 0.15) is 5.01 Å². The predicted octanol–water partition coefficient (Wildman–Crippen LogP) is 2.57. The minimum absolute atomic E-state index is 0.282. The van der Waals surface area contributed by atoms with E-state index in [-0.39, 0.29) is 6.79 Å². The lowest BCUT2D eigenvalue weighted by atomic mass is 10.1. The van der Waals surface area contributed by atoms with Crippen molar-refractivity contribution in [2.24, 2.45) is 0 Å². The highest BCUT2D eigenvalue weighted by atomic mass is 32.1. The maximum Gasteiger partial charge on any atom is 0.235 e. The Morgan fingerprint density at radius 3 is 2.83 bits per heavy atom. The Labute approximate surface area is 142 Å². The molecule has 7 nitrogen and oxygen atoms in total. The van der Waals surface area contributed by atoms with E-state index in [0.717, 1.165) is 52.5 Å². The number of nitrogens with zero attached hydrogens (tertiary/aromatic N) is 5. The molecule has 0 unspecified atom stereocenters. The summed E-state index contributed by atoms with van der Waals surface area (Å²) < 4.78 is 12.7. The van der Waals surface area contributed by atoms with Gasteiger partial charge in [0.25, 0.3) is 0 Å². The molecule has 1 fully saturated rings. The van der Waals surface area contributed by atoms with E-state index in [4.69, 9.17) is 14.6 Å². The van der Waals surface area contributed by atoms with Gasteiger partial charge in [0.2, 0.25) is 11.8 Å². The molecule has 124 valence electrons. The maximum atomic E-state index is 5.45. The average molecular weight is 343 g/mol. The van der Waals surface area contributed by atoms with Crippen molar-refractivity contribution in [3.05, 3.63) is 24.0 Å². The first kappa shape index (κ1) is 14.2. The molecule has 2 aromatic heterocycles. The summed E-state index contributed by atoms with van der Waals surface area (Å²) in [7, 11) is 0. The first-order valence-corrected chi connectivity index (χ1v) is 9.02. The van der Waals surface area contributed by atoms with Gasteiger partial charge >= 0.3 is 0 Å². The minimum Gasteiger partial charge on any atom is -0.454 e. The number of rotatable bonds is 3. The van der Waals surface area contributed by atoms with Crippen molar-refractivity contribution in [3.8, 4) is 22.1 Å². The number of piperidine rings is 1. The van der Waals surface area contributed by atoms with E-state index in [1.54, 1.807) is 11.3 Å². The monoisotopic (exact) mass is 343 g/mol. The second kappa shape index (κ2) is 5.71. The lowest BCUT2D eigenvalue weighted by molar-refractivity contribution is 0.174. The van der Waals surface area contributed by atoms with Crippen LogP contribution in [0.15, 0.2) is 18.2 Å². The van der Waals surface area contributed by atoms with Crippen LogP contribution < -0.4 is 9.47 Å². The van der Waals surface area contributed by atoms with Gasteiger partial charge in [-0.3, -0.25) is 4.90 Å². The molecular formula is C16H17N5O2S. The van der Waals surface area contributed by atoms with Crippen LogP contribution >= 0.6 is 11.3 Å². The Bertz CT molecular complexity index is 884. The van der Waals surface area contributed by atoms with Gasteiger partial charge in [0.15, 0.2) is 17.3 Å². The van der Waals surface area contributed by atoms with Crippen LogP contribution in [0.2, 0.25) is 0 Å². The number of ether oxygens (including phenoxy) is 2. The lowest BCUT2D eigenvalue weighted by Crippen LogP contribution is -2.30. The highest BCUT2D eigenvalue weighted by Gasteiger charge is 2.19. The van der Waals surface area contributed by atoms with Crippen LogP contribution in [0.1, 0.15) is 25.1 Å². The molecule has 4 heterocycles. The van der Waals surface area contributed by atoms with Gasteiger partial charge in [-0.2, -0.15) is 9.61 Å². The molecule has 1 aromatic carbocycles. The predicted molar refractivity (Wildman–Crippen MR) is 89.3 cm³/mol. The molecule has 0 saturated carbocycles. The van der Waals surface area contributed by atoms with Crippen molar-refractivity contribution in [1.82, 2.24) is 24.7 Å². The van der Waals surface area contributed by atoms with Gasteiger partial charge < -0.3 is 9.47 Å². The summed E-state index contributed by atoms with van der Waals surface area (Å²) in [6.07, 6.45) is 3.86. The highest BCUT2D eigenvalue weighted by molar-refractivity contribution is 7.19. The van der Waals surface area contributed by atoms with Crippen molar-refractivity contribution >= 4 is 16.3 Å². The molecule has 1 saturated heterocycles. The Kier molecular flexibility index (Phi) is 3.37. The molecule has 3 aromatic rings. The number of hydrogen-bond donors (Lipinski definition) is 0. The SMILES string of the molecule is c1cc2c(cc1-c1nn3c(CN4CCCCC4)nnc3s1)OCO2. The van der Waals surface area contributed by atoms with Crippen molar-refractivity contribution < 1.29 is 9.47 Å². The Morgan fingerprint density at radius 1 is 1.04 bits per heavy atom. The molecule has 8 heteroatoms. The maximum absolute atomic E-state index is 5.45. The summed E-state index contributed by atoms with van der Waals surface area (Å²) in [4.78, 5) is 3.26. The van der Waals surface area contributed by atoms with Crippen molar-refractivity contribution in [2.45, 2.75) is 25.8 Å². The molecule has 0 aliphatic carbocycles. The van der Waals surface area contributed by atoms with E-state index in [1.807, 2.05) is 22.7 Å². The van der Waals surface area contributed by atoms with Gasteiger partial charge in [0.05, 0.1) is 6.54 Å². The van der Waals surface area contributed by atoms with Crippen LogP contribution in [0, 0.1) is 0 Å². The van der Waals surface area contributed by atoms with Gasteiger partial charge in [-0.25, -0.2) is 0 Å². The standard InChI is InChI=1S/C16H17N5O2S/c1-2-6-20(7-3-1)9-14-17-18-16-21(14)19-15(24-16)11-4-5-12-13(8-11)23-10-22-12/h4-5,8H,1-3,6-7,9-10H2. The van der Waals surface area contributed by atoms with Crippen LogP contribution in [0.4, 0.5) is 0 Å². The molecule has 0 bridgehead atoms. The molecule has 0 radical (unpaired) electrons. The second-order valence-corrected chi connectivity index (χ2v) is 7.08. The summed E-state index contributed by atoms with van der Waals surface area (Å²) in [5.74, 6) is 2.47. The normalized spacial score (nSPS) is 17.7. The fourth-order valence-corrected chi connectivity index (χ4v) is 4.07. The molecule has 24 heavy (non-hydrogen) atoms. The van der Waals surface area contributed by atoms with Crippen molar-refractivity contribution in [1.29, 1.82) is 0 Å². The molecule has 2 aliphatic rings. The second-order valence-electron chi connectivity index (χ2n) is 6.12. The molecule has 0 amide bonds. The zero-order valence-electron chi connectivity index (χ0n) is 13.1. The summed E-state index contributed by atoms with van der Waals surface area (Å²) >= 11 is 1.54. The summed E-state index contributed by atoms with van der Waals surface area (Å²) in [5, 5.41) is 14.2. The van der Waals surface area contributed by atoms with Crippen LogP contribution in [0.5, 0.6) is 11.5 Å². The average Bonchev–Trinajstić information content (AvgIpc) is 3.31. The van der Waals surface area contributed by atoms with E-state index >= 15 is 0 Å². The van der Waals surface area contributed by atoms with Crippen LogP contribution in [0.3, 0.4) is 0 Å². The van der Waals surface area contributed by atoms with Gasteiger partial charge in [-0.05, 0) is 44.1 Å². The van der Waals surface area contributed by atoms with E-state index < -0.39 is 0 Å². The number of fused-ring (bicyclic) bond motifs is 2. The number of benzene rings is 1. The van der Waals surface area contributed by atoms with E-state index in [9.17, 15) is 0 Å². The Hall–Kier alpha value is -2.19. The summed E-state index contributed by atoms with van der Waals surface area (Å²) in [5.41, 5.74) is 1.01.